The number of aryl methyl sites for hydroxylation is 1. The molecule has 5 nitrogen and oxygen atoms in total. The van der Waals surface area contributed by atoms with E-state index in [4.69, 9.17) is 20.3 Å². The highest BCUT2D eigenvalue weighted by Crippen LogP contribution is 2.07. The number of hydrogen-bond donors (Lipinski definition) is 3. The second kappa shape index (κ2) is 12.6. The van der Waals surface area contributed by atoms with Crippen LogP contribution in [0.4, 0.5) is 0 Å². The van der Waals surface area contributed by atoms with Crippen molar-refractivity contribution in [2.24, 2.45) is 11.5 Å². The van der Waals surface area contributed by atoms with Crippen LogP contribution in [-0.4, -0.2) is 34.8 Å². The van der Waals surface area contributed by atoms with Crippen molar-refractivity contribution < 1.29 is 14.6 Å². The van der Waals surface area contributed by atoms with Gasteiger partial charge in [0.15, 0.2) is 0 Å². The third-order valence-corrected chi connectivity index (χ3v) is 1.87. The van der Waals surface area contributed by atoms with Crippen molar-refractivity contribution in [3.63, 3.8) is 0 Å². The van der Waals surface area contributed by atoms with E-state index in [-0.39, 0.29) is 18.7 Å². The minimum absolute atomic E-state index is 0. The molecule has 0 aliphatic carbocycles. The number of epoxide rings is 1. The number of rotatable bonds is 2. The Bertz CT molecular complexity index is 380. The zero-order chi connectivity index (χ0) is 14.7. The third kappa shape index (κ3) is 18.9. The van der Waals surface area contributed by atoms with Gasteiger partial charge in [0.05, 0.1) is 6.61 Å². The quantitative estimate of drug-likeness (QED) is 0.567. The van der Waals surface area contributed by atoms with E-state index in [1.165, 1.54) is 5.56 Å². The normalized spacial score (nSPS) is 14.2. The van der Waals surface area contributed by atoms with Crippen LogP contribution in [0.25, 0.3) is 0 Å². The maximum Gasteiger partial charge on any atom is 0.254 e. The Balaban J connectivity index is 0. The van der Waals surface area contributed by atoms with E-state index in [1.807, 2.05) is 18.2 Å². The molecular formula is C13H22N2O3S2. The minimum atomic E-state index is -0.500. The molecule has 7 heteroatoms. The lowest BCUT2D eigenvalue weighted by molar-refractivity contribution is 0.255. The molecule has 1 aromatic rings. The molecule has 1 aromatic carbocycles. The van der Waals surface area contributed by atoms with Gasteiger partial charge in [-0.15, -0.1) is 0 Å². The molecule has 1 saturated heterocycles. The molecule has 5 N–H and O–H groups in total. The van der Waals surface area contributed by atoms with Crippen LogP contribution in [0.15, 0.2) is 30.3 Å². The maximum atomic E-state index is 7.56. The van der Waals surface area contributed by atoms with Gasteiger partial charge < -0.3 is 26.0 Å². The molecule has 0 spiro atoms. The first kappa shape index (κ1) is 20.9. The molecule has 1 unspecified atom stereocenters. The van der Waals surface area contributed by atoms with Gasteiger partial charge in [0.25, 0.3) is 10.3 Å². The van der Waals surface area contributed by atoms with E-state index < -0.39 is 5.17 Å². The lowest BCUT2D eigenvalue weighted by atomic mass is 10.2. The van der Waals surface area contributed by atoms with Crippen LogP contribution >= 0.6 is 24.4 Å². The van der Waals surface area contributed by atoms with Crippen molar-refractivity contribution in [3.8, 4) is 0 Å². The molecule has 1 aliphatic rings. The minimum Gasteiger partial charge on any atom is -0.487 e. The summed E-state index contributed by atoms with van der Waals surface area (Å²) in [6.07, 6.45) is 0.247. The molecule has 1 fully saturated rings. The first-order valence-electron chi connectivity index (χ1n) is 5.45. The Labute approximate surface area is 130 Å². The van der Waals surface area contributed by atoms with Crippen LogP contribution in [0.5, 0.6) is 0 Å². The highest BCUT2D eigenvalue weighted by molar-refractivity contribution is 7.80. The van der Waals surface area contributed by atoms with Gasteiger partial charge in [-0.05, 0) is 31.4 Å². The van der Waals surface area contributed by atoms with E-state index in [1.54, 1.807) is 0 Å². The summed E-state index contributed by atoms with van der Waals surface area (Å²) in [7, 11) is 0. The fourth-order valence-corrected chi connectivity index (χ4v) is 0.942. The highest BCUT2D eigenvalue weighted by atomic mass is 32.1. The molecule has 20 heavy (non-hydrogen) atoms. The summed E-state index contributed by atoms with van der Waals surface area (Å²) >= 11 is 8.31. The third-order valence-electron chi connectivity index (χ3n) is 1.75. The van der Waals surface area contributed by atoms with Crippen LogP contribution in [0.2, 0.25) is 0 Å². The van der Waals surface area contributed by atoms with Gasteiger partial charge in [-0.1, -0.05) is 43.3 Å². The standard InChI is InChI=1S/C7H8.C4H7NO2S.CH3NOS.CH4/c1-7-5-3-2-4-6-7;5-4(8)7-2-3-1-6-3;2-1(3)4;/h2-6H,1H3;3H,1-2H2,(H2,5,8);(H3,2,3,4);1H4. The van der Waals surface area contributed by atoms with Gasteiger partial charge in [0, 0.05) is 0 Å². The van der Waals surface area contributed by atoms with E-state index in [9.17, 15) is 0 Å². The average Bonchev–Trinajstić information content (AvgIpc) is 3.11. The molecule has 1 heterocycles. The summed E-state index contributed by atoms with van der Waals surface area (Å²) in [5.74, 6) is 0. The summed E-state index contributed by atoms with van der Waals surface area (Å²) in [4.78, 5) is 0. The first-order valence-corrected chi connectivity index (χ1v) is 6.27. The average molecular weight is 318 g/mol. The van der Waals surface area contributed by atoms with Gasteiger partial charge in [0.1, 0.15) is 12.7 Å². The Kier molecular flexibility index (Phi) is 13.1. The summed E-state index contributed by atoms with van der Waals surface area (Å²) in [5.41, 5.74) is 10.7. The monoisotopic (exact) mass is 318 g/mol. The Morgan fingerprint density at radius 2 is 1.80 bits per heavy atom. The maximum absolute atomic E-state index is 7.56. The fraction of sp³-hybridized carbons (Fsp3) is 0.385. The number of aliphatic hydroxyl groups is 1. The predicted octanol–water partition coefficient (Wildman–Crippen LogP) is 2.06. The fourth-order valence-electron chi connectivity index (χ4n) is 0.874. The summed E-state index contributed by atoms with van der Waals surface area (Å²) in [6, 6.07) is 10.3. The number of hydrogen-bond acceptors (Lipinski definition) is 4. The second-order valence-corrected chi connectivity index (χ2v) is 4.40. The summed E-state index contributed by atoms with van der Waals surface area (Å²) in [5, 5.41) is 7.16. The number of aliphatic hydroxyl groups excluding tert-OH is 1. The van der Waals surface area contributed by atoms with E-state index in [0.717, 1.165) is 6.61 Å². The molecule has 1 aliphatic heterocycles. The van der Waals surface area contributed by atoms with Gasteiger partial charge in [-0.3, -0.25) is 0 Å². The van der Waals surface area contributed by atoms with Gasteiger partial charge in [-0.2, -0.15) is 0 Å². The predicted molar refractivity (Wildman–Crippen MR) is 89.8 cm³/mol. The smallest absolute Gasteiger partial charge is 0.254 e. The number of nitrogens with two attached hydrogens (primary N) is 2. The van der Waals surface area contributed by atoms with E-state index >= 15 is 0 Å². The number of benzene rings is 1. The molecule has 114 valence electrons. The lowest BCUT2D eigenvalue weighted by Crippen LogP contribution is -2.15. The Morgan fingerprint density at radius 1 is 1.35 bits per heavy atom. The lowest BCUT2D eigenvalue weighted by Gasteiger charge is -1.96. The van der Waals surface area contributed by atoms with Crippen LogP contribution in [0.3, 0.4) is 0 Å². The number of thiocarbonyl (C=S) groups is 2. The first-order chi connectivity index (χ1) is 8.91. The van der Waals surface area contributed by atoms with Crippen LogP contribution in [0.1, 0.15) is 13.0 Å². The summed E-state index contributed by atoms with van der Waals surface area (Å²) in [6.45, 7) is 3.37. The van der Waals surface area contributed by atoms with E-state index in [0.29, 0.717) is 6.61 Å². The molecule has 0 radical (unpaired) electrons. The van der Waals surface area contributed by atoms with Gasteiger partial charge >= 0.3 is 0 Å². The van der Waals surface area contributed by atoms with Crippen LogP contribution < -0.4 is 11.5 Å². The largest absolute Gasteiger partial charge is 0.487 e. The highest BCUT2D eigenvalue weighted by Gasteiger charge is 2.22. The van der Waals surface area contributed by atoms with Crippen molar-refractivity contribution in [2.45, 2.75) is 20.5 Å². The van der Waals surface area contributed by atoms with Crippen molar-refractivity contribution in [2.75, 3.05) is 13.2 Å². The molecule has 2 rings (SSSR count). The Hall–Kier alpha value is -1.44. The molecule has 0 aromatic heterocycles. The zero-order valence-corrected chi connectivity index (χ0v) is 12.2. The van der Waals surface area contributed by atoms with Crippen molar-refractivity contribution in [3.05, 3.63) is 35.9 Å². The van der Waals surface area contributed by atoms with Crippen molar-refractivity contribution in [1.29, 1.82) is 0 Å². The SMILES string of the molecule is C.Cc1ccccc1.NC(=S)OCC1CO1.NC(O)=S. The van der Waals surface area contributed by atoms with Gasteiger partial charge in [0.2, 0.25) is 0 Å². The second-order valence-electron chi connectivity index (χ2n) is 3.58. The molecule has 0 saturated carbocycles. The van der Waals surface area contributed by atoms with E-state index in [2.05, 4.69) is 49.2 Å². The van der Waals surface area contributed by atoms with Crippen molar-refractivity contribution >= 4 is 34.8 Å². The molecule has 0 amide bonds. The Morgan fingerprint density at radius 3 is 2.05 bits per heavy atom. The van der Waals surface area contributed by atoms with Crippen LogP contribution in [-0.2, 0) is 9.47 Å². The van der Waals surface area contributed by atoms with Gasteiger partial charge in [-0.25, -0.2) is 0 Å². The molecule has 1 atom stereocenters. The van der Waals surface area contributed by atoms with Crippen LogP contribution in [0, 0.1) is 6.92 Å². The van der Waals surface area contributed by atoms with Crippen molar-refractivity contribution in [1.82, 2.24) is 0 Å². The summed E-state index contributed by atoms with van der Waals surface area (Å²) < 4.78 is 9.57. The topological polar surface area (TPSA) is 94.0 Å². The molecular weight excluding hydrogens is 296 g/mol. The molecule has 0 bridgehead atoms. The number of ether oxygens (including phenoxy) is 2. The zero-order valence-electron chi connectivity index (χ0n) is 10.6.